The van der Waals surface area contributed by atoms with Crippen molar-refractivity contribution in [3.05, 3.63) is 66.4 Å². The van der Waals surface area contributed by atoms with Crippen molar-refractivity contribution >= 4 is 27.2 Å². The lowest BCUT2D eigenvalue weighted by molar-refractivity contribution is 0.395. The molecule has 0 bridgehead atoms. The molecule has 0 radical (unpaired) electrons. The molecule has 0 aliphatic heterocycles. The second-order valence-corrected chi connectivity index (χ2v) is 7.88. The smallest absolute Gasteiger partial charge is 0.265 e. The highest BCUT2D eigenvalue weighted by Gasteiger charge is 2.20. The van der Waals surface area contributed by atoms with Gasteiger partial charge in [0.15, 0.2) is 5.82 Å². The molecular weight excluding hydrogens is 390 g/mol. The predicted molar refractivity (Wildman–Crippen MR) is 114 cm³/mol. The third kappa shape index (κ3) is 4.97. The largest absolute Gasteiger partial charge is 0.497 e. The first kappa shape index (κ1) is 20.5. The summed E-state index contributed by atoms with van der Waals surface area (Å²) in [6, 6.07) is 15.5. The van der Waals surface area contributed by atoms with Crippen molar-refractivity contribution in [2.24, 2.45) is 0 Å². The molecule has 3 rings (SSSR count). The molecule has 0 atom stereocenters. The van der Waals surface area contributed by atoms with Gasteiger partial charge in [-0.15, -0.1) is 0 Å². The highest BCUT2D eigenvalue weighted by molar-refractivity contribution is 7.92. The minimum atomic E-state index is -3.85. The first-order valence-corrected chi connectivity index (χ1v) is 10.5. The summed E-state index contributed by atoms with van der Waals surface area (Å²) in [6.07, 6.45) is 2.41. The van der Waals surface area contributed by atoms with E-state index in [0.29, 0.717) is 22.9 Å². The maximum absolute atomic E-state index is 13.0. The Hall–Kier alpha value is -3.26. The van der Waals surface area contributed by atoms with Crippen LogP contribution >= 0.6 is 0 Å². The summed E-state index contributed by atoms with van der Waals surface area (Å²) in [5.74, 6) is 1.34. The first-order valence-electron chi connectivity index (χ1n) is 9.02. The van der Waals surface area contributed by atoms with Crippen molar-refractivity contribution in [1.82, 2.24) is 4.98 Å². The molecular formula is C21H23N3O4S. The highest BCUT2D eigenvalue weighted by Crippen LogP contribution is 2.30. The molecule has 3 aromatic rings. The van der Waals surface area contributed by atoms with Crippen LogP contribution in [0.3, 0.4) is 0 Å². The Bertz CT molecular complexity index is 1060. The molecule has 2 N–H and O–H groups in total. The van der Waals surface area contributed by atoms with Crippen molar-refractivity contribution in [2.45, 2.75) is 18.2 Å². The van der Waals surface area contributed by atoms with Crippen molar-refractivity contribution in [3.63, 3.8) is 0 Å². The maximum atomic E-state index is 13.0. The Balaban J connectivity index is 1.91. The van der Waals surface area contributed by atoms with Gasteiger partial charge in [-0.3, -0.25) is 4.72 Å². The van der Waals surface area contributed by atoms with E-state index in [1.54, 1.807) is 50.6 Å². The third-order valence-corrected chi connectivity index (χ3v) is 5.70. The number of hydrogen-bond donors (Lipinski definition) is 2. The Morgan fingerprint density at radius 2 is 1.59 bits per heavy atom. The summed E-state index contributed by atoms with van der Waals surface area (Å²) in [6.45, 7) is 2.04. The molecule has 1 heterocycles. The molecule has 29 heavy (non-hydrogen) atoms. The van der Waals surface area contributed by atoms with Gasteiger partial charge in [-0.25, -0.2) is 13.4 Å². The van der Waals surface area contributed by atoms with Crippen LogP contribution in [0.1, 0.15) is 12.5 Å². The molecule has 0 unspecified atom stereocenters. The van der Waals surface area contributed by atoms with Crippen LogP contribution < -0.4 is 19.5 Å². The molecule has 7 nitrogen and oxygen atoms in total. The highest BCUT2D eigenvalue weighted by atomic mass is 32.2. The monoisotopic (exact) mass is 413 g/mol. The van der Waals surface area contributed by atoms with E-state index in [9.17, 15) is 8.42 Å². The number of sulfonamides is 1. The van der Waals surface area contributed by atoms with Gasteiger partial charge in [0.1, 0.15) is 16.4 Å². The Morgan fingerprint density at radius 3 is 2.17 bits per heavy atom. The lowest BCUT2D eigenvalue weighted by Gasteiger charge is -2.14. The Kier molecular flexibility index (Phi) is 6.23. The number of hydrogen-bond acceptors (Lipinski definition) is 6. The lowest BCUT2D eigenvalue weighted by atomic mass is 10.2. The van der Waals surface area contributed by atoms with Crippen LogP contribution in [-0.2, 0) is 16.4 Å². The van der Waals surface area contributed by atoms with E-state index in [-0.39, 0.29) is 10.7 Å². The second-order valence-electron chi connectivity index (χ2n) is 6.23. The molecule has 0 fully saturated rings. The summed E-state index contributed by atoms with van der Waals surface area (Å²) in [5.41, 5.74) is 2.20. The van der Waals surface area contributed by atoms with E-state index < -0.39 is 10.0 Å². The minimum absolute atomic E-state index is 0.0290. The summed E-state index contributed by atoms with van der Waals surface area (Å²) in [7, 11) is -0.763. The number of rotatable bonds is 8. The number of anilines is 3. The summed E-state index contributed by atoms with van der Waals surface area (Å²) < 4.78 is 39.1. The first-order chi connectivity index (χ1) is 13.9. The van der Waals surface area contributed by atoms with E-state index in [0.717, 1.165) is 12.0 Å². The topological polar surface area (TPSA) is 89.6 Å². The number of benzene rings is 2. The van der Waals surface area contributed by atoms with Gasteiger partial charge in [-0.1, -0.05) is 19.1 Å². The third-order valence-electron chi connectivity index (χ3n) is 4.29. The quantitative estimate of drug-likeness (QED) is 0.575. The standard InChI is InChI=1S/C21H23N3O4S/c1-4-15-7-9-16(10-8-15)24-29(25,26)20-6-5-11-22-21(20)23-17-12-18(27-2)14-19(13-17)28-3/h5-14,24H,4H2,1-3H3,(H,22,23). The molecule has 0 spiro atoms. The zero-order chi connectivity index (χ0) is 20.9. The van der Waals surface area contributed by atoms with Gasteiger partial charge in [-0.05, 0) is 36.2 Å². The number of aromatic nitrogens is 1. The van der Waals surface area contributed by atoms with Crippen LogP contribution in [0.4, 0.5) is 17.2 Å². The van der Waals surface area contributed by atoms with Crippen molar-refractivity contribution in [2.75, 3.05) is 24.3 Å². The van der Waals surface area contributed by atoms with E-state index in [4.69, 9.17) is 9.47 Å². The van der Waals surface area contributed by atoms with E-state index >= 15 is 0 Å². The molecule has 0 aliphatic rings. The maximum Gasteiger partial charge on any atom is 0.265 e. The molecule has 0 saturated carbocycles. The molecule has 0 amide bonds. The van der Waals surface area contributed by atoms with Gasteiger partial charge in [0.05, 0.1) is 14.2 Å². The van der Waals surface area contributed by atoms with Gasteiger partial charge in [0.2, 0.25) is 0 Å². The van der Waals surface area contributed by atoms with Gasteiger partial charge in [0, 0.05) is 35.8 Å². The SMILES string of the molecule is CCc1ccc(NS(=O)(=O)c2cccnc2Nc2cc(OC)cc(OC)c2)cc1. The predicted octanol–water partition coefficient (Wildman–Crippen LogP) is 4.21. The number of ether oxygens (including phenoxy) is 2. The van der Waals surface area contributed by atoms with Crippen LogP contribution in [0.25, 0.3) is 0 Å². The van der Waals surface area contributed by atoms with Crippen molar-refractivity contribution < 1.29 is 17.9 Å². The summed E-state index contributed by atoms with van der Waals surface area (Å²) >= 11 is 0. The van der Waals surface area contributed by atoms with Crippen molar-refractivity contribution in [1.29, 1.82) is 0 Å². The van der Waals surface area contributed by atoms with Crippen molar-refractivity contribution in [3.8, 4) is 11.5 Å². The van der Waals surface area contributed by atoms with E-state index in [1.165, 1.54) is 12.3 Å². The fraction of sp³-hybridized carbons (Fsp3) is 0.190. The molecule has 0 aliphatic carbocycles. The summed E-state index contributed by atoms with van der Waals surface area (Å²) in [5, 5.41) is 3.04. The van der Waals surface area contributed by atoms with Crippen LogP contribution in [0.15, 0.2) is 65.7 Å². The van der Waals surface area contributed by atoms with Gasteiger partial charge >= 0.3 is 0 Å². The van der Waals surface area contributed by atoms with Gasteiger partial charge < -0.3 is 14.8 Å². The van der Waals surface area contributed by atoms with Crippen LogP contribution in [0, 0.1) is 0 Å². The van der Waals surface area contributed by atoms with Gasteiger partial charge in [-0.2, -0.15) is 0 Å². The molecule has 1 aromatic heterocycles. The molecule has 0 saturated heterocycles. The molecule has 2 aromatic carbocycles. The zero-order valence-corrected chi connectivity index (χ0v) is 17.3. The van der Waals surface area contributed by atoms with Gasteiger partial charge in [0.25, 0.3) is 10.0 Å². The molecule has 8 heteroatoms. The Morgan fingerprint density at radius 1 is 0.931 bits per heavy atom. The number of methoxy groups -OCH3 is 2. The lowest BCUT2D eigenvalue weighted by Crippen LogP contribution is -2.15. The number of nitrogens with one attached hydrogen (secondary N) is 2. The fourth-order valence-electron chi connectivity index (χ4n) is 2.74. The number of aryl methyl sites for hydroxylation is 1. The van der Waals surface area contributed by atoms with Crippen LogP contribution in [0.2, 0.25) is 0 Å². The zero-order valence-electron chi connectivity index (χ0n) is 16.5. The number of nitrogens with zero attached hydrogens (tertiary/aromatic N) is 1. The van der Waals surface area contributed by atoms with Crippen LogP contribution in [0.5, 0.6) is 11.5 Å². The average Bonchev–Trinajstić information content (AvgIpc) is 2.74. The fourth-order valence-corrected chi connectivity index (χ4v) is 3.91. The van der Waals surface area contributed by atoms with E-state index in [1.807, 2.05) is 19.1 Å². The summed E-state index contributed by atoms with van der Waals surface area (Å²) in [4.78, 5) is 4.24. The van der Waals surface area contributed by atoms with E-state index in [2.05, 4.69) is 15.0 Å². The van der Waals surface area contributed by atoms with Crippen LogP contribution in [-0.4, -0.2) is 27.6 Å². The molecule has 152 valence electrons. The number of pyridine rings is 1. The second kappa shape index (κ2) is 8.83. The Labute approximate surface area is 170 Å². The minimum Gasteiger partial charge on any atom is -0.497 e. The average molecular weight is 413 g/mol. The normalized spacial score (nSPS) is 11.0.